The van der Waals surface area contributed by atoms with Gasteiger partial charge in [-0.2, -0.15) is 0 Å². The molecule has 35 heavy (non-hydrogen) atoms. The Morgan fingerprint density at radius 2 is 2.00 bits per heavy atom. The molecule has 10 heteroatoms. The van der Waals surface area contributed by atoms with E-state index in [0.717, 1.165) is 41.7 Å². The summed E-state index contributed by atoms with van der Waals surface area (Å²) in [5, 5.41) is 13.7. The van der Waals surface area contributed by atoms with Crippen LogP contribution in [0.5, 0.6) is 11.5 Å². The highest BCUT2D eigenvalue weighted by Crippen LogP contribution is 2.33. The zero-order valence-corrected chi connectivity index (χ0v) is 19.8. The highest BCUT2D eigenvalue weighted by molar-refractivity contribution is 7.99. The lowest BCUT2D eigenvalue weighted by molar-refractivity contribution is -0.113. The maximum atomic E-state index is 12.7. The zero-order valence-electron chi connectivity index (χ0n) is 19.0. The molecule has 1 amide bonds. The van der Waals surface area contributed by atoms with Crippen LogP contribution < -0.4 is 14.8 Å². The number of ether oxygens (including phenoxy) is 3. The molecule has 2 aromatic heterocycles. The number of nitrogens with one attached hydrogen (secondary N) is 2. The molecule has 4 aromatic rings. The molecule has 0 radical (unpaired) electrons. The Morgan fingerprint density at radius 1 is 1.11 bits per heavy atom. The van der Waals surface area contributed by atoms with Crippen LogP contribution >= 0.6 is 11.8 Å². The number of rotatable bonds is 7. The van der Waals surface area contributed by atoms with Gasteiger partial charge in [0.25, 0.3) is 0 Å². The fourth-order valence-electron chi connectivity index (χ4n) is 4.46. The van der Waals surface area contributed by atoms with Crippen LogP contribution in [-0.4, -0.2) is 57.3 Å². The maximum Gasteiger partial charge on any atom is 0.234 e. The largest absolute Gasteiger partial charge is 0.486 e. The van der Waals surface area contributed by atoms with Crippen molar-refractivity contribution in [2.75, 3.05) is 30.9 Å². The van der Waals surface area contributed by atoms with E-state index in [0.29, 0.717) is 42.1 Å². The molecule has 9 nitrogen and oxygen atoms in total. The average molecular weight is 492 g/mol. The van der Waals surface area contributed by atoms with Gasteiger partial charge in [-0.05, 0) is 31.0 Å². The lowest BCUT2D eigenvalue weighted by Gasteiger charge is -2.19. The van der Waals surface area contributed by atoms with E-state index in [4.69, 9.17) is 14.2 Å². The first-order valence-electron chi connectivity index (χ1n) is 11.7. The third kappa shape index (κ3) is 4.59. The molecule has 0 spiro atoms. The molecule has 2 aromatic carbocycles. The summed E-state index contributed by atoms with van der Waals surface area (Å²) in [5.41, 5.74) is 2.70. The summed E-state index contributed by atoms with van der Waals surface area (Å²) in [6.45, 7) is 2.45. The Kier molecular flexibility index (Phi) is 6.05. The van der Waals surface area contributed by atoms with E-state index in [1.807, 2.05) is 36.5 Å². The summed E-state index contributed by atoms with van der Waals surface area (Å²) in [6.07, 6.45) is 4.13. The minimum atomic E-state index is -0.132. The molecular weight excluding hydrogens is 466 g/mol. The molecule has 2 aliphatic heterocycles. The van der Waals surface area contributed by atoms with Crippen LogP contribution in [0.3, 0.4) is 0 Å². The molecule has 0 bridgehead atoms. The van der Waals surface area contributed by atoms with E-state index in [2.05, 4.69) is 31.1 Å². The van der Waals surface area contributed by atoms with Crippen LogP contribution in [0.25, 0.3) is 22.3 Å². The molecule has 2 N–H and O–H groups in total. The van der Waals surface area contributed by atoms with E-state index >= 15 is 0 Å². The summed E-state index contributed by atoms with van der Waals surface area (Å²) in [7, 11) is 0. The molecule has 2 aliphatic rings. The maximum absolute atomic E-state index is 12.7. The van der Waals surface area contributed by atoms with Crippen LogP contribution in [0, 0.1) is 0 Å². The number of hydrogen-bond acceptors (Lipinski definition) is 7. The number of nitrogens with zero attached hydrogens (tertiary/aromatic N) is 3. The monoisotopic (exact) mass is 491 g/mol. The number of amides is 1. The fourth-order valence-corrected chi connectivity index (χ4v) is 5.20. The Morgan fingerprint density at radius 3 is 2.89 bits per heavy atom. The van der Waals surface area contributed by atoms with Crippen molar-refractivity contribution in [3.05, 3.63) is 48.7 Å². The van der Waals surface area contributed by atoms with E-state index < -0.39 is 0 Å². The fraction of sp³-hybridized carbons (Fsp3) is 0.320. The van der Waals surface area contributed by atoms with Crippen LogP contribution in [0.15, 0.2) is 53.8 Å². The Labute approximate surface area is 206 Å². The van der Waals surface area contributed by atoms with Crippen LogP contribution in [0.2, 0.25) is 0 Å². The van der Waals surface area contributed by atoms with Crippen LogP contribution in [0.1, 0.15) is 12.8 Å². The van der Waals surface area contributed by atoms with Gasteiger partial charge in [0.15, 0.2) is 22.5 Å². The van der Waals surface area contributed by atoms with Crippen molar-refractivity contribution >= 4 is 34.3 Å². The Hall–Kier alpha value is -3.50. The standard InChI is InChI=1S/C25H25N5O4S/c31-23(27-16-7-8-21-22(12-16)34-11-10-33-21)15-35-25-29-28-24(30(25)14-17-4-3-9-32-17)19-13-26-20-6-2-1-5-18(19)20/h1-2,5-8,12-13,17,26H,3-4,9-11,14-15H2,(H,27,31)/t17-/m1/s1. The molecular formula is C25H25N5O4S. The Bertz CT molecular complexity index is 1360. The molecule has 4 heterocycles. The van der Waals surface area contributed by atoms with Crippen molar-refractivity contribution in [2.24, 2.45) is 0 Å². The number of thioether (sulfide) groups is 1. The third-order valence-corrected chi connectivity index (χ3v) is 7.08. The summed E-state index contributed by atoms with van der Waals surface area (Å²) in [6, 6.07) is 13.5. The SMILES string of the molecule is O=C(CSc1nnc(-c2c[nH]c3ccccc23)n1C[C@H]1CCCO1)Nc1ccc2c(c1)OCCO2. The van der Waals surface area contributed by atoms with Gasteiger partial charge < -0.3 is 24.5 Å². The quantitative estimate of drug-likeness (QED) is 0.375. The number of hydrogen-bond donors (Lipinski definition) is 2. The minimum absolute atomic E-state index is 0.112. The normalized spacial score (nSPS) is 17.1. The number of benzene rings is 2. The minimum Gasteiger partial charge on any atom is -0.486 e. The number of para-hydroxylation sites is 1. The topological polar surface area (TPSA) is 103 Å². The second-order valence-corrected chi connectivity index (χ2v) is 9.44. The van der Waals surface area contributed by atoms with E-state index in [-0.39, 0.29) is 17.8 Å². The molecule has 1 fully saturated rings. The van der Waals surface area contributed by atoms with Gasteiger partial charge in [0.2, 0.25) is 5.91 Å². The highest BCUT2D eigenvalue weighted by atomic mass is 32.2. The number of H-pyrrole nitrogens is 1. The second-order valence-electron chi connectivity index (χ2n) is 8.50. The first-order chi connectivity index (χ1) is 17.2. The van der Waals surface area contributed by atoms with Gasteiger partial charge in [0.1, 0.15) is 13.2 Å². The van der Waals surface area contributed by atoms with Crippen LogP contribution in [-0.2, 0) is 16.1 Å². The van der Waals surface area contributed by atoms with Gasteiger partial charge in [-0.15, -0.1) is 10.2 Å². The van der Waals surface area contributed by atoms with Crippen molar-refractivity contribution in [2.45, 2.75) is 30.6 Å². The highest BCUT2D eigenvalue weighted by Gasteiger charge is 2.23. The van der Waals surface area contributed by atoms with Gasteiger partial charge in [-0.3, -0.25) is 9.36 Å². The van der Waals surface area contributed by atoms with E-state index in [9.17, 15) is 4.79 Å². The number of fused-ring (bicyclic) bond motifs is 2. The first kappa shape index (κ1) is 22.0. The van der Waals surface area contributed by atoms with Crippen LogP contribution in [0.4, 0.5) is 5.69 Å². The Balaban J connectivity index is 1.21. The van der Waals surface area contributed by atoms with Gasteiger partial charge in [0.05, 0.1) is 18.4 Å². The summed E-state index contributed by atoms with van der Waals surface area (Å²) >= 11 is 1.37. The molecule has 1 atom stereocenters. The lowest BCUT2D eigenvalue weighted by atomic mass is 10.1. The number of carbonyl (C=O) groups excluding carboxylic acids is 1. The molecule has 0 aliphatic carbocycles. The van der Waals surface area contributed by atoms with Crippen molar-refractivity contribution in [3.63, 3.8) is 0 Å². The molecule has 180 valence electrons. The lowest BCUT2D eigenvalue weighted by Crippen LogP contribution is -2.18. The molecule has 0 unspecified atom stereocenters. The first-order valence-corrected chi connectivity index (χ1v) is 12.7. The molecule has 6 rings (SSSR count). The zero-order chi connectivity index (χ0) is 23.6. The van der Waals surface area contributed by atoms with E-state index in [1.54, 1.807) is 6.07 Å². The average Bonchev–Trinajstić information content (AvgIpc) is 3.63. The summed E-state index contributed by atoms with van der Waals surface area (Å²) < 4.78 is 19.1. The predicted octanol–water partition coefficient (Wildman–Crippen LogP) is 4.11. The molecule has 0 saturated carbocycles. The van der Waals surface area contributed by atoms with E-state index in [1.165, 1.54) is 11.8 Å². The van der Waals surface area contributed by atoms with Crippen molar-refractivity contribution in [1.82, 2.24) is 19.7 Å². The number of aromatic nitrogens is 4. The number of anilines is 1. The summed E-state index contributed by atoms with van der Waals surface area (Å²) in [4.78, 5) is 16.0. The number of carbonyl (C=O) groups is 1. The third-order valence-electron chi connectivity index (χ3n) is 6.12. The van der Waals surface area contributed by atoms with Crippen molar-refractivity contribution < 1.29 is 19.0 Å². The second kappa shape index (κ2) is 9.63. The summed E-state index contributed by atoms with van der Waals surface area (Å²) in [5.74, 6) is 2.17. The van der Waals surface area contributed by atoms with Gasteiger partial charge in [0, 0.05) is 41.0 Å². The predicted molar refractivity (Wildman–Crippen MR) is 133 cm³/mol. The van der Waals surface area contributed by atoms with Crippen molar-refractivity contribution in [1.29, 1.82) is 0 Å². The van der Waals surface area contributed by atoms with Crippen molar-refractivity contribution in [3.8, 4) is 22.9 Å². The van der Waals surface area contributed by atoms with Gasteiger partial charge in [-0.1, -0.05) is 30.0 Å². The smallest absolute Gasteiger partial charge is 0.234 e. The molecule has 1 saturated heterocycles. The number of aromatic amines is 1. The van der Waals surface area contributed by atoms with Gasteiger partial charge in [-0.25, -0.2) is 0 Å². The van der Waals surface area contributed by atoms with Gasteiger partial charge >= 0.3 is 0 Å².